The van der Waals surface area contributed by atoms with Crippen molar-refractivity contribution >= 4 is 17.9 Å². The lowest BCUT2D eigenvalue weighted by molar-refractivity contribution is -0.288. The minimum atomic E-state index is -1.03. The molecular weight excluding hydrogens is 296 g/mol. The van der Waals surface area contributed by atoms with Crippen LogP contribution in [0, 0.1) is 0 Å². The zero-order chi connectivity index (χ0) is 16.9. The van der Waals surface area contributed by atoms with Gasteiger partial charge in [0.2, 0.25) is 0 Å². The number of carbonyl (C=O) groups excluding carboxylic acids is 3. The highest BCUT2D eigenvalue weighted by molar-refractivity contribution is 5.68. The predicted octanol–water partition coefficient (Wildman–Crippen LogP) is 0.563. The van der Waals surface area contributed by atoms with Gasteiger partial charge in [0.15, 0.2) is 24.6 Å². The number of rotatable bonds is 5. The van der Waals surface area contributed by atoms with E-state index in [9.17, 15) is 14.4 Å². The number of ether oxygens (including phenoxy) is 5. The highest BCUT2D eigenvalue weighted by Gasteiger charge is 2.47. The SMILES string of the molecule is CC(=O)O[C@@H]1[C@@H](OC(C)=O)[C@H](OC(C)C)OC[C@H]1OC(C)=O. The molecule has 1 saturated heterocycles. The molecule has 0 aromatic carbocycles. The van der Waals surface area contributed by atoms with Crippen molar-refractivity contribution in [3.8, 4) is 0 Å². The smallest absolute Gasteiger partial charge is 0.303 e. The molecule has 126 valence electrons. The van der Waals surface area contributed by atoms with E-state index in [1.165, 1.54) is 20.8 Å². The molecule has 22 heavy (non-hydrogen) atoms. The summed E-state index contributed by atoms with van der Waals surface area (Å²) in [7, 11) is 0. The maximum atomic E-state index is 11.3. The topological polar surface area (TPSA) is 97.4 Å². The fraction of sp³-hybridized carbons (Fsp3) is 0.786. The number of carbonyl (C=O) groups is 3. The van der Waals surface area contributed by atoms with Crippen LogP contribution in [0.1, 0.15) is 34.6 Å². The van der Waals surface area contributed by atoms with Crippen LogP contribution in [-0.2, 0) is 38.1 Å². The van der Waals surface area contributed by atoms with Crippen molar-refractivity contribution in [2.45, 2.75) is 65.3 Å². The van der Waals surface area contributed by atoms with Gasteiger partial charge in [0, 0.05) is 20.8 Å². The molecule has 1 aliphatic rings. The highest BCUT2D eigenvalue weighted by atomic mass is 16.7. The molecule has 0 radical (unpaired) electrons. The van der Waals surface area contributed by atoms with Crippen LogP contribution in [0.25, 0.3) is 0 Å². The maximum Gasteiger partial charge on any atom is 0.303 e. The molecule has 0 aliphatic carbocycles. The first-order chi connectivity index (χ1) is 10.2. The van der Waals surface area contributed by atoms with Gasteiger partial charge in [-0.3, -0.25) is 14.4 Å². The van der Waals surface area contributed by atoms with Crippen LogP contribution in [0.5, 0.6) is 0 Å². The molecule has 8 heteroatoms. The normalized spacial score (nSPS) is 28.1. The molecule has 0 bridgehead atoms. The summed E-state index contributed by atoms with van der Waals surface area (Å²) in [5, 5.41) is 0. The van der Waals surface area contributed by atoms with Crippen LogP contribution < -0.4 is 0 Å². The molecule has 0 aromatic rings. The van der Waals surface area contributed by atoms with Crippen molar-refractivity contribution in [3.05, 3.63) is 0 Å². The fourth-order valence-corrected chi connectivity index (χ4v) is 2.09. The Morgan fingerprint density at radius 3 is 1.86 bits per heavy atom. The Morgan fingerprint density at radius 1 is 0.909 bits per heavy atom. The van der Waals surface area contributed by atoms with Gasteiger partial charge in [0.1, 0.15) is 0 Å². The van der Waals surface area contributed by atoms with Crippen LogP contribution in [0.15, 0.2) is 0 Å². The van der Waals surface area contributed by atoms with Gasteiger partial charge in [0.25, 0.3) is 0 Å². The van der Waals surface area contributed by atoms with Gasteiger partial charge in [-0.2, -0.15) is 0 Å². The summed E-state index contributed by atoms with van der Waals surface area (Å²) in [5.41, 5.74) is 0. The Labute approximate surface area is 129 Å². The Kier molecular flexibility index (Phi) is 6.76. The average molecular weight is 318 g/mol. The molecule has 8 nitrogen and oxygen atoms in total. The second-order valence-corrected chi connectivity index (χ2v) is 5.18. The first-order valence-corrected chi connectivity index (χ1v) is 6.99. The minimum absolute atomic E-state index is 0.0350. The highest BCUT2D eigenvalue weighted by Crippen LogP contribution is 2.25. The van der Waals surface area contributed by atoms with Gasteiger partial charge in [-0.15, -0.1) is 0 Å². The lowest BCUT2D eigenvalue weighted by Gasteiger charge is -2.40. The number of hydrogen-bond acceptors (Lipinski definition) is 8. The van der Waals surface area contributed by atoms with Crippen molar-refractivity contribution in [2.75, 3.05) is 6.61 Å². The standard InChI is InChI=1S/C14H22O8/c1-7(2)19-14-13(22-10(5)17)12(21-9(4)16)11(6-18-14)20-8(3)15/h7,11-14H,6H2,1-5H3/t11-,12+,13-,14+/m1/s1. The summed E-state index contributed by atoms with van der Waals surface area (Å²) >= 11 is 0. The first kappa shape index (κ1) is 18.4. The van der Waals surface area contributed by atoms with E-state index in [0.29, 0.717) is 0 Å². The predicted molar refractivity (Wildman–Crippen MR) is 72.6 cm³/mol. The quantitative estimate of drug-likeness (QED) is 0.536. The summed E-state index contributed by atoms with van der Waals surface area (Å²) in [4.78, 5) is 33.8. The van der Waals surface area contributed by atoms with E-state index in [0.717, 1.165) is 0 Å². The van der Waals surface area contributed by atoms with E-state index in [4.69, 9.17) is 23.7 Å². The molecule has 1 fully saturated rings. The lowest BCUT2D eigenvalue weighted by atomic mass is 10.0. The number of esters is 3. The van der Waals surface area contributed by atoms with Crippen molar-refractivity contribution in [2.24, 2.45) is 0 Å². The molecule has 1 heterocycles. The fourth-order valence-electron chi connectivity index (χ4n) is 2.09. The lowest BCUT2D eigenvalue weighted by Crippen LogP contribution is -2.58. The summed E-state index contributed by atoms with van der Waals surface area (Å²) < 4.78 is 26.4. The molecule has 1 aliphatic heterocycles. The van der Waals surface area contributed by atoms with E-state index >= 15 is 0 Å². The van der Waals surface area contributed by atoms with Crippen molar-refractivity contribution in [1.29, 1.82) is 0 Å². The van der Waals surface area contributed by atoms with Gasteiger partial charge in [0.05, 0.1) is 12.7 Å². The summed E-state index contributed by atoms with van der Waals surface area (Å²) in [6.07, 6.45) is -4.02. The summed E-state index contributed by atoms with van der Waals surface area (Å²) in [6, 6.07) is 0. The molecule has 0 spiro atoms. The first-order valence-electron chi connectivity index (χ1n) is 6.99. The molecule has 0 N–H and O–H groups in total. The number of hydrogen-bond donors (Lipinski definition) is 0. The van der Waals surface area contributed by atoms with Crippen molar-refractivity contribution < 1.29 is 38.1 Å². The van der Waals surface area contributed by atoms with E-state index in [1.807, 2.05) is 0 Å². The van der Waals surface area contributed by atoms with E-state index in [-0.39, 0.29) is 12.7 Å². The van der Waals surface area contributed by atoms with E-state index < -0.39 is 42.5 Å². The molecule has 0 aromatic heterocycles. The third-order valence-electron chi connectivity index (χ3n) is 2.71. The van der Waals surface area contributed by atoms with Crippen LogP contribution in [0.3, 0.4) is 0 Å². The zero-order valence-corrected chi connectivity index (χ0v) is 13.4. The van der Waals surface area contributed by atoms with Crippen LogP contribution in [0.4, 0.5) is 0 Å². The third kappa shape index (κ3) is 5.61. The molecule has 4 atom stereocenters. The average Bonchev–Trinajstić information content (AvgIpc) is 2.34. The van der Waals surface area contributed by atoms with Gasteiger partial charge in [-0.05, 0) is 13.8 Å². The second-order valence-electron chi connectivity index (χ2n) is 5.18. The van der Waals surface area contributed by atoms with Gasteiger partial charge < -0.3 is 23.7 Å². The summed E-state index contributed by atoms with van der Waals surface area (Å²) in [5.74, 6) is -1.74. The monoisotopic (exact) mass is 318 g/mol. The van der Waals surface area contributed by atoms with E-state index in [2.05, 4.69) is 0 Å². The van der Waals surface area contributed by atoms with Crippen molar-refractivity contribution in [1.82, 2.24) is 0 Å². The van der Waals surface area contributed by atoms with Crippen LogP contribution in [0.2, 0.25) is 0 Å². The van der Waals surface area contributed by atoms with E-state index in [1.54, 1.807) is 13.8 Å². The molecule has 0 unspecified atom stereocenters. The largest absolute Gasteiger partial charge is 0.456 e. The molecule has 1 rings (SSSR count). The summed E-state index contributed by atoms with van der Waals surface area (Å²) in [6.45, 7) is 7.19. The Bertz CT molecular complexity index is 419. The maximum absolute atomic E-state index is 11.3. The molecule has 0 amide bonds. The minimum Gasteiger partial charge on any atom is -0.456 e. The second kappa shape index (κ2) is 8.09. The van der Waals surface area contributed by atoms with Crippen LogP contribution in [-0.4, -0.2) is 55.2 Å². The van der Waals surface area contributed by atoms with Gasteiger partial charge in [-0.1, -0.05) is 0 Å². The molecular formula is C14H22O8. The van der Waals surface area contributed by atoms with Gasteiger partial charge in [-0.25, -0.2) is 0 Å². The Hall–Kier alpha value is -1.67. The Morgan fingerprint density at radius 2 is 1.41 bits per heavy atom. The van der Waals surface area contributed by atoms with Crippen molar-refractivity contribution in [3.63, 3.8) is 0 Å². The zero-order valence-electron chi connectivity index (χ0n) is 13.4. The van der Waals surface area contributed by atoms with Crippen LogP contribution >= 0.6 is 0 Å². The Balaban J connectivity index is 3.00. The third-order valence-corrected chi connectivity index (χ3v) is 2.71. The molecule has 0 saturated carbocycles. The van der Waals surface area contributed by atoms with Gasteiger partial charge >= 0.3 is 17.9 Å².